The Kier molecular flexibility index (Phi) is 6.25. The van der Waals surface area contributed by atoms with Gasteiger partial charge in [-0.3, -0.25) is 9.69 Å². The van der Waals surface area contributed by atoms with E-state index in [4.69, 9.17) is 20.8 Å². The second-order valence-corrected chi connectivity index (χ2v) is 7.90. The highest BCUT2D eigenvalue weighted by molar-refractivity contribution is 6.30. The molecule has 2 aromatic carbocycles. The highest BCUT2D eigenvalue weighted by Gasteiger charge is 2.27. The molecule has 1 aliphatic heterocycles. The molecule has 0 unspecified atom stereocenters. The van der Waals surface area contributed by atoms with E-state index in [0.29, 0.717) is 55.1 Å². The summed E-state index contributed by atoms with van der Waals surface area (Å²) >= 11 is 5.93. The second kappa shape index (κ2) is 9.08. The lowest BCUT2D eigenvalue weighted by atomic mass is 10.1. The first-order valence-electron chi connectivity index (χ1n) is 10.0. The molecule has 2 heterocycles. The van der Waals surface area contributed by atoms with Gasteiger partial charge >= 0.3 is 0 Å². The Hall–Kier alpha value is -2.90. The van der Waals surface area contributed by atoms with Gasteiger partial charge in [0.2, 0.25) is 5.89 Å². The molecule has 0 radical (unpaired) electrons. The molecule has 31 heavy (non-hydrogen) atoms. The highest BCUT2D eigenvalue weighted by Crippen LogP contribution is 2.25. The first kappa shape index (κ1) is 21.3. The normalized spacial score (nSPS) is 14.6. The summed E-state index contributed by atoms with van der Waals surface area (Å²) in [5.74, 6) is 0.618. The summed E-state index contributed by atoms with van der Waals surface area (Å²) in [7, 11) is 1.45. The van der Waals surface area contributed by atoms with Gasteiger partial charge in [0.25, 0.3) is 5.91 Å². The SMILES string of the molecule is COc1ccc(CN2CCN(C(=O)c3nc(-c4ccc(Cl)cc4)oc3C)CC2)cc1F. The number of hydrogen-bond donors (Lipinski definition) is 0. The Morgan fingerprint density at radius 1 is 1.16 bits per heavy atom. The van der Waals surface area contributed by atoms with Crippen LogP contribution in [0.4, 0.5) is 4.39 Å². The van der Waals surface area contributed by atoms with E-state index in [1.165, 1.54) is 13.2 Å². The topological polar surface area (TPSA) is 58.8 Å². The zero-order valence-electron chi connectivity index (χ0n) is 17.4. The van der Waals surface area contributed by atoms with Gasteiger partial charge in [-0.25, -0.2) is 9.37 Å². The van der Waals surface area contributed by atoms with Crippen LogP contribution in [0.25, 0.3) is 11.5 Å². The van der Waals surface area contributed by atoms with Crippen LogP contribution in [0.2, 0.25) is 5.02 Å². The van der Waals surface area contributed by atoms with E-state index in [2.05, 4.69) is 9.88 Å². The number of piperazine rings is 1. The first-order valence-corrected chi connectivity index (χ1v) is 10.4. The molecule has 162 valence electrons. The summed E-state index contributed by atoms with van der Waals surface area (Å²) in [4.78, 5) is 21.4. The summed E-state index contributed by atoms with van der Waals surface area (Å²) in [5, 5.41) is 0.624. The average Bonchev–Trinajstić information content (AvgIpc) is 3.16. The van der Waals surface area contributed by atoms with Gasteiger partial charge < -0.3 is 14.1 Å². The van der Waals surface area contributed by atoms with E-state index in [-0.39, 0.29) is 17.5 Å². The Balaban J connectivity index is 1.38. The molecule has 0 atom stereocenters. The van der Waals surface area contributed by atoms with Crippen LogP contribution in [0.15, 0.2) is 46.9 Å². The minimum absolute atomic E-state index is 0.142. The van der Waals surface area contributed by atoms with Crippen molar-refractivity contribution >= 4 is 17.5 Å². The van der Waals surface area contributed by atoms with Crippen LogP contribution >= 0.6 is 11.6 Å². The molecule has 0 spiro atoms. The quantitative estimate of drug-likeness (QED) is 0.584. The van der Waals surface area contributed by atoms with Crippen LogP contribution in [0.5, 0.6) is 5.75 Å². The molecule has 3 aromatic rings. The number of hydrogen-bond acceptors (Lipinski definition) is 5. The van der Waals surface area contributed by atoms with Crippen molar-refractivity contribution in [3.8, 4) is 17.2 Å². The van der Waals surface area contributed by atoms with E-state index < -0.39 is 0 Å². The fourth-order valence-electron chi connectivity index (χ4n) is 3.64. The predicted octanol–water partition coefficient (Wildman–Crippen LogP) is 4.41. The van der Waals surface area contributed by atoms with Crippen molar-refractivity contribution in [3.05, 3.63) is 70.3 Å². The second-order valence-electron chi connectivity index (χ2n) is 7.47. The molecule has 1 aromatic heterocycles. The standard InChI is InChI=1S/C23H23ClFN3O3/c1-15-21(26-22(31-15)17-4-6-18(24)7-5-17)23(29)28-11-9-27(10-12-28)14-16-3-8-20(30-2)19(25)13-16/h3-8,13H,9-12,14H2,1-2H3. The van der Waals surface area contributed by atoms with Gasteiger partial charge in [-0.05, 0) is 48.9 Å². The molecule has 0 aliphatic carbocycles. The number of aromatic nitrogens is 1. The Morgan fingerprint density at radius 2 is 1.87 bits per heavy atom. The fourth-order valence-corrected chi connectivity index (χ4v) is 3.76. The Bertz CT molecular complexity index is 1080. The van der Waals surface area contributed by atoms with Gasteiger partial charge in [-0.2, -0.15) is 0 Å². The van der Waals surface area contributed by atoms with E-state index in [1.807, 2.05) is 18.2 Å². The zero-order valence-corrected chi connectivity index (χ0v) is 18.2. The van der Waals surface area contributed by atoms with Gasteiger partial charge in [0.05, 0.1) is 7.11 Å². The molecular formula is C23H23ClFN3O3. The smallest absolute Gasteiger partial charge is 0.276 e. The molecule has 1 fully saturated rings. The lowest BCUT2D eigenvalue weighted by molar-refractivity contribution is 0.0621. The highest BCUT2D eigenvalue weighted by atomic mass is 35.5. The van der Waals surface area contributed by atoms with Crippen LogP contribution in [-0.2, 0) is 6.54 Å². The third-order valence-corrected chi connectivity index (χ3v) is 5.62. The van der Waals surface area contributed by atoms with Crippen molar-refractivity contribution < 1.29 is 18.3 Å². The monoisotopic (exact) mass is 443 g/mol. The first-order chi connectivity index (χ1) is 14.9. The molecule has 1 saturated heterocycles. The molecule has 6 nitrogen and oxygen atoms in total. The summed E-state index contributed by atoms with van der Waals surface area (Å²) < 4.78 is 24.6. The van der Waals surface area contributed by atoms with E-state index in [1.54, 1.807) is 30.0 Å². The van der Waals surface area contributed by atoms with Gasteiger partial charge in [-0.1, -0.05) is 17.7 Å². The van der Waals surface area contributed by atoms with E-state index >= 15 is 0 Å². The number of methoxy groups -OCH3 is 1. The van der Waals surface area contributed by atoms with E-state index in [0.717, 1.165) is 11.1 Å². The number of halogens is 2. The Labute approximate surface area is 185 Å². The molecule has 8 heteroatoms. The summed E-state index contributed by atoms with van der Waals surface area (Å²) in [6.45, 7) is 4.89. The van der Waals surface area contributed by atoms with Crippen LogP contribution < -0.4 is 4.74 Å². The summed E-state index contributed by atoms with van der Waals surface area (Å²) in [6.07, 6.45) is 0. The van der Waals surface area contributed by atoms with E-state index in [9.17, 15) is 9.18 Å². The van der Waals surface area contributed by atoms with Crippen LogP contribution in [-0.4, -0.2) is 54.0 Å². The van der Waals surface area contributed by atoms with Crippen molar-refractivity contribution in [2.24, 2.45) is 0 Å². The number of aryl methyl sites for hydroxylation is 1. The van der Waals surface area contributed by atoms with Crippen LogP contribution in [0, 0.1) is 12.7 Å². The maximum Gasteiger partial charge on any atom is 0.276 e. The fraction of sp³-hybridized carbons (Fsp3) is 0.304. The number of carbonyl (C=O) groups excluding carboxylic acids is 1. The van der Waals surface area contributed by atoms with Crippen molar-refractivity contribution in [2.45, 2.75) is 13.5 Å². The zero-order chi connectivity index (χ0) is 22.0. The third-order valence-electron chi connectivity index (χ3n) is 5.37. The maximum atomic E-state index is 13.9. The predicted molar refractivity (Wildman–Crippen MR) is 116 cm³/mol. The molecule has 1 amide bonds. The number of nitrogens with zero attached hydrogens (tertiary/aromatic N) is 3. The molecule has 0 saturated carbocycles. The van der Waals surface area contributed by atoms with Gasteiger partial charge in [0.1, 0.15) is 5.76 Å². The number of ether oxygens (including phenoxy) is 1. The minimum Gasteiger partial charge on any atom is -0.494 e. The average molecular weight is 444 g/mol. The molecule has 0 N–H and O–H groups in total. The van der Waals surface area contributed by atoms with Gasteiger partial charge in [0.15, 0.2) is 17.3 Å². The van der Waals surface area contributed by atoms with Crippen LogP contribution in [0.3, 0.4) is 0 Å². The third kappa shape index (κ3) is 4.73. The summed E-state index contributed by atoms with van der Waals surface area (Å²) in [5.41, 5.74) is 1.97. The van der Waals surface area contributed by atoms with Crippen molar-refractivity contribution in [1.29, 1.82) is 0 Å². The molecule has 4 rings (SSSR count). The number of carbonyl (C=O) groups is 1. The van der Waals surface area contributed by atoms with Gasteiger partial charge in [0, 0.05) is 43.3 Å². The molecule has 0 bridgehead atoms. The van der Waals surface area contributed by atoms with Crippen molar-refractivity contribution in [2.75, 3.05) is 33.3 Å². The summed E-state index contributed by atoms with van der Waals surface area (Å²) in [6, 6.07) is 12.1. The van der Waals surface area contributed by atoms with Gasteiger partial charge in [-0.15, -0.1) is 0 Å². The number of oxazole rings is 1. The minimum atomic E-state index is -0.369. The lowest BCUT2D eigenvalue weighted by Gasteiger charge is -2.34. The number of benzene rings is 2. The van der Waals surface area contributed by atoms with Crippen LogP contribution in [0.1, 0.15) is 21.8 Å². The largest absolute Gasteiger partial charge is 0.494 e. The number of amides is 1. The molecular weight excluding hydrogens is 421 g/mol. The molecule has 1 aliphatic rings. The van der Waals surface area contributed by atoms with Crippen molar-refractivity contribution in [1.82, 2.24) is 14.8 Å². The Morgan fingerprint density at radius 3 is 2.52 bits per heavy atom. The van der Waals surface area contributed by atoms with Crippen molar-refractivity contribution in [3.63, 3.8) is 0 Å². The lowest BCUT2D eigenvalue weighted by Crippen LogP contribution is -2.48. The maximum absolute atomic E-state index is 13.9. The number of rotatable bonds is 5.